The van der Waals surface area contributed by atoms with Crippen molar-refractivity contribution in [2.75, 3.05) is 19.6 Å². The van der Waals surface area contributed by atoms with Gasteiger partial charge in [-0.15, -0.1) is 0 Å². The third-order valence-electron chi connectivity index (χ3n) is 3.80. The van der Waals surface area contributed by atoms with Crippen LogP contribution in [0.5, 0.6) is 5.75 Å². The zero-order chi connectivity index (χ0) is 13.1. The molecule has 3 rings (SSSR count). The maximum Gasteiger partial charge on any atom is 0.187 e. The Balaban J connectivity index is 1.55. The smallest absolute Gasteiger partial charge is 0.187 e. The lowest BCUT2D eigenvalue weighted by molar-refractivity contribution is 0.204. The van der Waals surface area contributed by atoms with Crippen molar-refractivity contribution < 1.29 is 9.84 Å². The molecule has 2 N–H and O–H groups in total. The van der Waals surface area contributed by atoms with Gasteiger partial charge in [0.15, 0.2) is 5.90 Å². The highest BCUT2D eigenvalue weighted by atomic mass is 16.5. The zero-order valence-corrected chi connectivity index (χ0v) is 11.0. The Kier molecular flexibility index (Phi) is 3.69. The lowest BCUT2D eigenvalue weighted by Gasteiger charge is -2.23. The van der Waals surface area contributed by atoms with Crippen molar-refractivity contribution in [1.82, 2.24) is 5.32 Å². The van der Waals surface area contributed by atoms with Crippen LogP contribution in [0.15, 0.2) is 29.3 Å². The first-order chi connectivity index (χ1) is 9.31. The van der Waals surface area contributed by atoms with Gasteiger partial charge in [0.1, 0.15) is 11.9 Å². The van der Waals surface area contributed by atoms with Crippen LogP contribution in [0.3, 0.4) is 0 Å². The molecule has 0 saturated carbocycles. The number of aliphatic imine (C=N–C) groups is 1. The first kappa shape index (κ1) is 12.5. The van der Waals surface area contributed by atoms with Gasteiger partial charge in [-0.1, -0.05) is 12.1 Å². The van der Waals surface area contributed by atoms with Gasteiger partial charge in [0.05, 0.1) is 6.54 Å². The van der Waals surface area contributed by atoms with Gasteiger partial charge in [0.2, 0.25) is 0 Å². The van der Waals surface area contributed by atoms with Crippen LogP contribution < -0.4 is 5.32 Å². The number of hydrogen-bond acceptors (Lipinski definition) is 4. The number of phenols is 1. The Bertz CT molecular complexity index is 467. The summed E-state index contributed by atoms with van der Waals surface area (Å²) in [4.78, 5) is 4.56. The van der Waals surface area contributed by atoms with Crippen LogP contribution in [0.2, 0.25) is 0 Å². The number of benzene rings is 1. The summed E-state index contributed by atoms with van der Waals surface area (Å²) in [6.07, 6.45) is 3.19. The van der Waals surface area contributed by atoms with Crippen LogP contribution in [0.25, 0.3) is 0 Å². The van der Waals surface area contributed by atoms with Gasteiger partial charge < -0.3 is 15.2 Å². The average Bonchev–Trinajstić information content (AvgIpc) is 2.88. The van der Waals surface area contributed by atoms with Crippen molar-refractivity contribution in [3.63, 3.8) is 0 Å². The van der Waals surface area contributed by atoms with E-state index in [9.17, 15) is 5.11 Å². The number of rotatable bonds is 3. The molecule has 2 heterocycles. The van der Waals surface area contributed by atoms with Crippen LogP contribution in [0.1, 0.15) is 18.4 Å². The number of piperidine rings is 1. The standard InChI is InChI=1S/C15H20N2O2/c18-13-3-1-2-11(8-13)9-14-10-17-15(19-14)12-4-6-16-7-5-12/h1-3,8,12,14,16,18H,4-7,9-10H2. The van der Waals surface area contributed by atoms with Crippen molar-refractivity contribution in [3.05, 3.63) is 29.8 Å². The van der Waals surface area contributed by atoms with Crippen molar-refractivity contribution in [2.24, 2.45) is 10.9 Å². The van der Waals surface area contributed by atoms with Crippen molar-refractivity contribution in [2.45, 2.75) is 25.4 Å². The molecular weight excluding hydrogens is 240 g/mol. The zero-order valence-electron chi connectivity index (χ0n) is 11.0. The van der Waals surface area contributed by atoms with E-state index in [0.29, 0.717) is 11.7 Å². The fourth-order valence-corrected chi connectivity index (χ4v) is 2.78. The predicted octanol–water partition coefficient (Wildman–Crippen LogP) is 1.73. The Morgan fingerprint density at radius 1 is 1.32 bits per heavy atom. The number of hydrogen-bond donors (Lipinski definition) is 2. The van der Waals surface area contributed by atoms with Crippen molar-refractivity contribution in [3.8, 4) is 5.75 Å². The molecule has 1 fully saturated rings. The summed E-state index contributed by atoms with van der Waals surface area (Å²) < 4.78 is 5.99. The molecule has 1 aromatic carbocycles. The Labute approximate surface area is 113 Å². The summed E-state index contributed by atoms with van der Waals surface area (Å²) in [5.41, 5.74) is 1.10. The highest BCUT2D eigenvalue weighted by Gasteiger charge is 2.27. The van der Waals surface area contributed by atoms with Crippen molar-refractivity contribution in [1.29, 1.82) is 0 Å². The third kappa shape index (κ3) is 3.07. The molecule has 0 bridgehead atoms. The molecule has 19 heavy (non-hydrogen) atoms. The molecule has 4 nitrogen and oxygen atoms in total. The van der Waals surface area contributed by atoms with E-state index < -0.39 is 0 Å². The molecule has 0 aromatic heterocycles. The largest absolute Gasteiger partial charge is 0.508 e. The van der Waals surface area contributed by atoms with Gasteiger partial charge in [-0.2, -0.15) is 0 Å². The molecular formula is C15H20N2O2. The highest BCUT2D eigenvalue weighted by Crippen LogP contribution is 2.22. The summed E-state index contributed by atoms with van der Waals surface area (Å²) in [7, 11) is 0. The second-order valence-electron chi connectivity index (χ2n) is 5.32. The van der Waals surface area contributed by atoms with Gasteiger partial charge in [-0.05, 0) is 43.6 Å². The molecule has 1 aromatic rings. The number of nitrogens with zero attached hydrogens (tertiary/aromatic N) is 1. The number of nitrogens with one attached hydrogen (secondary N) is 1. The minimum atomic E-state index is 0.131. The number of ether oxygens (including phenoxy) is 1. The molecule has 2 aliphatic heterocycles. The second-order valence-corrected chi connectivity index (χ2v) is 5.32. The Morgan fingerprint density at radius 2 is 2.16 bits per heavy atom. The van der Waals surface area contributed by atoms with Crippen LogP contribution >= 0.6 is 0 Å². The third-order valence-corrected chi connectivity index (χ3v) is 3.80. The molecule has 1 unspecified atom stereocenters. The van der Waals surface area contributed by atoms with E-state index in [4.69, 9.17) is 4.74 Å². The van der Waals surface area contributed by atoms with E-state index in [1.807, 2.05) is 12.1 Å². The fourth-order valence-electron chi connectivity index (χ4n) is 2.78. The maximum absolute atomic E-state index is 9.47. The maximum atomic E-state index is 9.47. The summed E-state index contributed by atoms with van der Waals surface area (Å²) in [5.74, 6) is 1.76. The molecule has 1 atom stereocenters. The van der Waals surface area contributed by atoms with E-state index in [0.717, 1.165) is 50.4 Å². The molecule has 2 aliphatic rings. The van der Waals surface area contributed by atoms with Gasteiger partial charge in [0, 0.05) is 12.3 Å². The topological polar surface area (TPSA) is 53.9 Å². The average molecular weight is 260 g/mol. The lowest BCUT2D eigenvalue weighted by atomic mass is 9.98. The summed E-state index contributed by atoms with van der Waals surface area (Å²) in [6, 6.07) is 7.38. The molecule has 0 aliphatic carbocycles. The number of aromatic hydroxyl groups is 1. The van der Waals surface area contributed by atoms with Gasteiger partial charge in [-0.25, -0.2) is 0 Å². The van der Waals surface area contributed by atoms with Crippen LogP contribution in [-0.2, 0) is 11.2 Å². The van der Waals surface area contributed by atoms with E-state index in [1.54, 1.807) is 12.1 Å². The first-order valence-electron chi connectivity index (χ1n) is 7.01. The quantitative estimate of drug-likeness (QED) is 0.870. The van der Waals surface area contributed by atoms with E-state index in [2.05, 4.69) is 10.3 Å². The summed E-state index contributed by atoms with van der Waals surface area (Å²) in [5, 5.41) is 12.8. The Hall–Kier alpha value is -1.55. The monoisotopic (exact) mass is 260 g/mol. The Morgan fingerprint density at radius 3 is 2.95 bits per heavy atom. The summed E-state index contributed by atoms with van der Waals surface area (Å²) >= 11 is 0. The van der Waals surface area contributed by atoms with E-state index in [1.165, 1.54) is 0 Å². The lowest BCUT2D eigenvalue weighted by Crippen LogP contribution is -2.32. The highest BCUT2D eigenvalue weighted by molar-refractivity contribution is 5.80. The van der Waals surface area contributed by atoms with Crippen LogP contribution in [0, 0.1) is 5.92 Å². The van der Waals surface area contributed by atoms with E-state index >= 15 is 0 Å². The molecule has 0 radical (unpaired) electrons. The molecule has 0 amide bonds. The van der Waals surface area contributed by atoms with Crippen LogP contribution in [-0.4, -0.2) is 36.7 Å². The minimum absolute atomic E-state index is 0.131. The van der Waals surface area contributed by atoms with Gasteiger partial charge in [0.25, 0.3) is 0 Å². The fraction of sp³-hybridized carbons (Fsp3) is 0.533. The molecule has 102 valence electrons. The van der Waals surface area contributed by atoms with Crippen molar-refractivity contribution >= 4 is 5.90 Å². The normalized spacial score (nSPS) is 24.0. The molecule has 4 heteroatoms. The SMILES string of the molecule is Oc1cccc(CC2CN=C(C3CCNCC3)O2)c1. The van der Waals surface area contributed by atoms with Crippen LogP contribution in [0.4, 0.5) is 0 Å². The van der Waals surface area contributed by atoms with E-state index in [-0.39, 0.29) is 6.10 Å². The first-order valence-corrected chi connectivity index (χ1v) is 7.01. The number of phenolic OH excluding ortho intramolecular Hbond substituents is 1. The summed E-state index contributed by atoms with van der Waals surface area (Å²) in [6.45, 7) is 2.86. The second kappa shape index (κ2) is 5.61. The predicted molar refractivity (Wildman–Crippen MR) is 74.6 cm³/mol. The molecule has 1 saturated heterocycles. The van der Waals surface area contributed by atoms with Gasteiger partial charge in [-0.3, -0.25) is 4.99 Å². The van der Waals surface area contributed by atoms with Gasteiger partial charge >= 0.3 is 0 Å². The molecule has 0 spiro atoms. The minimum Gasteiger partial charge on any atom is -0.508 e.